The second-order valence-electron chi connectivity index (χ2n) is 12.5. The van der Waals surface area contributed by atoms with Gasteiger partial charge in [-0.2, -0.15) is 17.2 Å². The summed E-state index contributed by atoms with van der Waals surface area (Å²) in [6, 6.07) is 18.9. The first kappa shape index (κ1) is 39.7. The highest BCUT2D eigenvalue weighted by Crippen LogP contribution is 2.33. The van der Waals surface area contributed by atoms with Crippen LogP contribution in [0.15, 0.2) is 80.8 Å². The summed E-state index contributed by atoms with van der Waals surface area (Å²) in [6.45, 7) is 8.13. The molecule has 8 nitrogen and oxygen atoms in total. The zero-order chi connectivity index (χ0) is 39.2. The molecule has 5 rings (SSSR count). The van der Waals surface area contributed by atoms with Crippen LogP contribution >= 0.6 is 0 Å². The van der Waals surface area contributed by atoms with Gasteiger partial charge in [-0.25, -0.2) is 18.4 Å². The fourth-order valence-electron chi connectivity index (χ4n) is 5.70. The Bertz CT molecular complexity index is 2370. The second-order valence-corrected chi connectivity index (χ2v) is 13.9. The minimum atomic E-state index is -5.66. The third-order valence-corrected chi connectivity index (χ3v) is 9.63. The van der Waals surface area contributed by atoms with E-state index in [0.29, 0.717) is 16.7 Å². The summed E-state index contributed by atoms with van der Waals surface area (Å²) in [5.41, 5.74) is 4.51. The average molecular weight is 764 g/mol. The van der Waals surface area contributed by atoms with Crippen molar-refractivity contribution in [3.8, 4) is 5.75 Å². The van der Waals surface area contributed by atoms with E-state index in [1.54, 1.807) is 18.2 Å². The summed E-state index contributed by atoms with van der Waals surface area (Å²) in [5, 5.41) is 0.871. The largest absolute Gasteiger partial charge is 0.422 e. The van der Waals surface area contributed by atoms with E-state index in [9.17, 15) is 35.6 Å². The van der Waals surface area contributed by atoms with Crippen LogP contribution in [0.25, 0.3) is 35.3 Å². The van der Waals surface area contributed by atoms with Crippen molar-refractivity contribution in [3.05, 3.63) is 134 Å². The van der Waals surface area contributed by atoms with E-state index in [4.69, 9.17) is 8.97 Å². The summed E-state index contributed by atoms with van der Waals surface area (Å²) in [7, 11) is -5.66. The molecular weight excluding hydrogens is 727 g/mol. The standard InChI is InChI=1S/C41H37F4NO7S/c1-4-6-22-46(23-7-5-2)30-19-21-31-25(3)32(41(48)52-33(31)24-30)20-16-27-11-8-26(9-12-27)10-13-28-14-17-29(18-15-28)40(47)53-38-34(42)36(44)39(54(49,50)51)37(45)35(38)43/h8-21,24H,4-7,22-23H2,1-3H3,(H,49,50,51)/b13-10+,20-16+. The molecule has 1 heterocycles. The van der Waals surface area contributed by atoms with Gasteiger partial charge in [0.25, 0.3) is 0 Å². The SMILES string of the molecule is CCCCN(CCCC)c1ccc2c(C)c(/C=C/c3ccc(/C=C/c4ccc(C(=O)Oc5c(F)c(F)c(S(=O)(=O)O)c(F)c5F)cc4)cc3)c(=O)oc2c1. The van der Waals surface area contributed by atoms with E-state index in [1.165, 1.54) is 24.3 Å². The van der Waals surface area contributed by atoms with Crippen molar-refractivity contribution in [1.29, 1.82) is 0 Å². The molecule has 0 aliphatic rings. The molecule has 0 aliphatic heterocycles. The van der Waals surface area contributed by atoms with E-state index in [0.717, 1.165) is 66.5 Å². The molecule has 5 aromatic rings. The maximum atomic E-state index is 14.3. The van der Waals surface area contributed by atoms with E-state index in [1.807, 2.05) is 49.4 Å². The highest BCUT2D eigenvalue weighted by molar-refractivity contribution is 7.85. The molecular formula is C41H37F4NO7S. The summed E-state index contributed by atoms with van der Waals surface area (Å²) >= 11 is 0. The molecule has 0 saturated carbocycles. The molecule has 0 unspecified atom stereocenters. The normalized spacial score (nSPS) is 11.9. The number of hydrogen-bond acceptors (Lipinski definition) is 7. The van der Waals surface area contributed by atoms with Gasteiger partial charge in [-0.05, 0) is 72.4 Å². The Hall–Kier alpha value is -5.53. The van der Waals surface area contributed by atoms with Crippen LogP contribution < -0.4 is 15.3 Å². The minimum absolute atomic E-state index is 0.237. The minimum Gasteiger partial charge on any atom is -0.422 e. The molecule has 0 spiro atoms. The highest BCUT2D eigenvalue weighted by atomic mass is 32.2. The van der Waals surface area contributed by atoms with Crippen LogP contribution in [0.1, 0.15) is 77.7 Å². The molecule has 0 atom stereocenters. The van der Waals surface area contributed by atoms with Crippen LogP contribution in [0.5, 0.6) is 5.75 Å². The van der Waals surface area contributed by atoms with Crippen molar-refractivity contribution >= 4 is 57.0 Å². The van der Waals surface area contributed by atoms with Crippen LogP contribution in [-0.4, -0.2) is 32.0 Å². The van der Waals surface area contributed by atoms with E-state index >= 15 is 0 Å². The van der Waals surface area contributed by atoms with Crippen molar-refractivity contribution < 1.29 is 44.5 Å². The first-order valence-corrected chi connectivity index (χ1v) is 18.6. The summed E-state index contributed by atoms with van der Waals surface area (Å²) in [4.78, 5) is 25.6. The second kappa shape index (κ2) is 17.1. The fourth-order valence-corrected chi connectivity index (χ4v) is 6.33. The van der Waals surface area contributed by atoms with E-state index in [2.05, 4.69) is 29.6 Å². The average Bonchev–Trinajstić information content (AvgIpc) is 3.14. The quantitative estimate of drug-likeness (QED) is 0.0226. The van der Waals surface area contributed by atoms with E-state index in [-0.39, 0.29) is 5.56 Å². The van der Waals surface area contributed by atoms with Crippen LogP contribution in [0.3, 0.4) is 0 Å². The number of halogens is 4. The zero-order valence-corrected chi connectivity index (χ0v) is 30.5. The van der Waals surface area contributed by atoms with Gasteiger partial charge in [-0.15, -0.1) is 0 Å². The lowest BCUT2D eigenvalue weighted by atomic mass is 10.0. The monoisotopic (exact) mass is 763 g/mol. The topological polar surface area (TPSA) is 114 Å². The smallest absolute Gasteiger partial charge is 0.343 e. The maximum absolute atomic E-state index is 14.3. The predicted octanol–water partition coefficient (Wildman–Crippen LogP) is 9.87. The molecule has 0 amide bonds. The van der Waals surface area contributed by atoms with Gasteiger partial charge in [0.1, 0.15) is 5.58 Å². The van der Waals surface area contributed by atoms with Crippen molar-refractivity contribution in [2.24, 2.45) is 0 Å². The molecule has 0 bridgehead atoms. The fraction of sp³-hybridized carbons (Fsp3) is 0.220. The molecule has 0 radical (unpaired) electrons. The third kappa shape index (κ3) is 8.97. The maximum Gasteiger partial charge on any atom is 0.343 e. The lowest BCUT2D eigenvalue weighted by Crippen LogP contribution is -2.25. The van der Waals surface area contributed by atoms with Gasteiger partial charge in [0.15, 0.2) is 16.5 Å². The molecule has 54 heavy (non-hydrogen) atoms. The third-order valence-electron chi connectivity index (χ3n) is 8.75. The van der Waals surface area contributed by atoms with Crippen molar-refractivity contribution in [2.45, 2.75) is 51.3 Å². The molecule has 282 valence electrons. The number of carbonyl (C=O) groups excluding carboxylic acids is 1. The Morgan fingerprint density at radius 1 is 0.778 bits per heavy atom. The lowest BCUT2D eigenvalue weighted by Gasteiger charge is -2.25. The Balaban J connectivity index is 1.25. The lowest BCUT2D eigenvalue weighted by molar-refractivity contribution is 0.0716. The number of nitrogens with zero attached hydrogens (tertiary/aromatic N) is 1. The van der Waals surface area contributed by atoms with Gasteiger partial charge in [0.05, 0.1) is 11.1 Å². The highest BCUT2D eigenvalue weighted by Gasteiger charge is 2.34. The number of hydrogen-bond donors (Lipinski definition) is 1. The predicted molar refractivity (Wildman–Crippen MR) is 201 cm³/mol. The van der Waals surface area contributed by atoms with Crippen molar-refractivity contribution in [2.75, 3.05) is 18.0 Å². The first-order valence-electron chi connectivity index (χ1n) is 17.2. The zero-order valence-electron chi connectivity index (χ0n) is 29.7. The summed E-state index contributed by atoms with van der Waals surface area (Å²) in [5.74, 6) is -12.7. The van der Waals surface area contributed by atoms with Crippen LogP contribution in [0, 0.1) is 30.2 Å². The van der Waals surface area contributed by atoms with Gasteiger partial charge in [-0.1, -0.05) is 81.3 Å². The number of carbonyl (C=O) groups is 1. The Labute approximate surface area is 309 Å². The molecule has 4 aromatic carbocycles. The van der Waals surface area contributed by atoms with Crippen LogP contribution in [-0.2, 0) is 10.1 Å². The number of rotatable bonds is 14. The first-order chi connectivity index (χ1) is 25.7. The van der Waals surface area contributed by atoms with Crippen molar-refractivity contribution in [3.63, 3.8) is 0 Å². The molecule has 0 aliphatic carbocycles. The number of esters is 1. The molecule has 1 aromatic heterocycles. The summed E-state index contributed by atoms with van der Waals surface area (Å²) in [6.07, 6.45) is 11.4. The molecule has 0 saturated heterocycles. The van der Waals surface area contributed by atoms with Gasteiger partial charge >= 0.3 is 21.7 Å². The Morgan fingerprint density at radius 2 is 1.28 bits per heavy atom. The van der Waals surface area contributed by atoms with E-state index < -0.39 is 55.6 Å². The van der Waals surface area contributed by atoms with Crippen molar-refractivity contribution in [1.82, 2.24) is 0 Å². The number of unbranched alkanes of at least 4 members (excludes halogenated alkanes) is 2. The van der Waals surface area contributed by atoms with Gasteiger partial charge in [0.2, 0.25) is 17.4 Å². The summed E-state index contributed by atoms with van der Waals surface area (Å²) < 4.78 is 98.1. The molecule has 1 N–H and O–H groups in total. The number of aryl methyl sites for hydroxylation is 1. The number of benzene rings is 4. The Kier molecular flexibility index (Phi) is 12.5. The number of anilines is 1. The van der Waals surface area contributed by atoms with Crippen LogP contribution in [0.4, 0.5) is 23.2 Å². The van der Waals surface area contributed by atoms with Crippen LogP contribution in [0.2, 0.25) is 0 Å². The molecule has 13 heteroatoms. The number of fused-ring (bicyclic) bond motifs is 1. The van der Waals surface area contributed by atoms with Gasteiger partial charge in [0, 0.05) is 30.2 Å². The Morgan fingerprint density at radius 3 is 1.78 bits per heavy atom. The number of ether oxygens (including phenoxy) is 1. The molecule has 0 fully saturated rings. The van der Waals surface area contributed by atoms with Gasteiger partial charge < -0.3 is 14.1 Å². The van der Waals surface area contributed by atoms with Gasteiger partial charge in [-0.3, -0.25) is 4.55 Å².